The van der Waals surface area contributed by atoms with Crippen molar-refractivity contribution in [3.8, 4) is 0 Å². The molecule has 0 radical (unpaired) electrons. The molecule has 0 saturated carbocycles. The molecule has 1 fully saturated rings. The zero-order chi connectivity index (χ0) is 12.3. The molecule has 1 aliphatic rings. The maximum absolute atomic E-state index is 12.1. The van der Waals surface area contributed by atoms with Gasteiger partial charge >= 0.3 is 0 Å². The lowest BCUT2D eigenvalue weighted by molar-refractivity contribution is -0.385. The van der Waals surface area contributed by atoms with E-state index < -0.39 is 15.7 Å². The number of aromatic nitrogens is 1. The van der Waals surface area contributed by atoms with E-state index in [0.717, 1.165) is 32.1 Å². The Bertz CT molecular complexity index is 429. The van der Waals surface area contributed by atoms with Gasteiger partial charge in [-0.15, -0.1) is 0 Å². The van der Waals surface area contributed by atoms with Gasteiger partial charge in [-0.2, -0.15) is 0 Å². The van der Waals surface area contributed by atoms with E-state index in [0.29, 0.717) is 5.03 Å². The third-order valence-electron chi connectivity index (χ3n) is 2.73. The van der Waals surface area contributed by atoms with Gasteiger partial charge in [0.1, 0.15) is 11.2 Å². The fourth-order valence-electron chi connectivity index (χ4n) is 1.78. The Labute approximate surface area is 101 Å². The molecule has 0 spiro atoms. The summed E-state index contributed by atoms with van der Waals surface area (Å²) in [5.74, 6) is 0. The van der Waals surface area contributed by atoms with E-state index in [1.807, 2.05) is 0 Å². The summed E-state index contributed by atoms with van der Waals surface area (Å²) in [7, 11) is -1.17. The molecule has 1 aromatic heterocycles. The van der Waals surface area contributed by atoms with Gasteiger partial charge in [0.15, 0.2) is 0 Å². The Kier molecular flexibility index (Phi) is 3.80. The molecule has 1 aliphatic heterocycles. The third kappa shape index (κ3) is 2.86. The van der Waals surface area contributed by atoms with E-state index >= 15 is 0 Å². The smallest absolute Gasteiger partial charge is 0.287 e. The Morgan fingerprint density at radius 2 is 2.12 bits per heavy atom. The maximum atomic E-state index is 12.1. The predicted molar refractivity (Wildman–Crippen MR) is 63.2 cm³/mol. The Morgan fingerprint density at radius 1 is 1.41 bits per heavy atom. The minimum Gasteiger partial charge on any atom is -0.317 e. The largest absolute Gasteiger partial charge is 0.317 e. The quantitative estimate of drug-likeness (QED) is 0.639. The van der Waals surface area contributed by atoms with Gasteiger partial charge in [-0.25, -0.2) is 4.98 Å². The number of hydrogen-bond donors (Lipinski definition) is 1. The molecule has 7 heteroatoms. The molecular weight excluding hydrogens is 242 g/mol. The second-order valence-corrected chi connectivity index (χ2v) is 5.54. The van der Waals surface area contributed by atoms with Gasteiger partial charge in [-0.1, -0.05) is 0 Å². The molecular formula is C10H13N3O3S. The molecule has 0 amide bonds. The summed E-state index contributed by atoms with van der Waals surface area (Å²) >= 11 is 0. The molecule has 92 valence electrons. The average Bonchev–Trinajstić information content (AvgIpc) is 2.39. The first-order chi connectivity index (χ1) is 8.18. The van der Waals surface area contributed by atoms with Crippen molar-refractivity contribution in [1.82, 2.24) is 10.3 Å². The van der Waals surface area contributed by atoms with Crippen molar-refractivity contribution < 1.29 is 9.13 Å². The van der Waals surface area contributed by atoms with Crippen molar-refractivity contribution in [2.45, 2.75) is 23.1 Å². The van der Waals surface area contributed by atoms with Crippen LogP contribution in [0.15, 0.2) is 23.4 Å². The van der Waals surface area contributed by atoms with Gasteiger partial charge in [0.2, 0.25) is 0 Å². The lowest BCUT2D eigenvalue weighted by Crippen LogP contribution is -2.33. The number of nitrogens with zero attached hydrogens (tertiary/aromatic N) is 2. The summed E-state index contributed by atoms with van der Waals surface area (Å²) in [5.41, 5.74) is -0.0731. The highest BCUT2D eigenvalue weighted by Crippen LogP contribution is 2.18. The Morgan fingerprint density at radius 3 is 2.65 bits per heavy atom. The lowest BCUT2D eigenvalue weighted by atomic mass is 10.2. The van der Waals surface area contributed by atoms with E-state index in [2.05, 4.69) is 10.3 Å². The van der Waals surface area contributed by atoms with Crippen LogP contribution in [0.5, 0.6) is 0 Å². The van der Waals surface area contributed by atoms with Gasteiger partial charge in [-0.3, -0.25) is 14.3 Å². The van der Waals surface area contributed by atoms with E-state index in [4.69, 9.17) is 0 Å². The average molecular weight is 255 g/mol. The molecule has 1 saturated heterocycles. The third-order valence-corrected chi connectivity index (χ3v) is 4.46. The fourth-order valence-corrected chi connectivity index (χ4v) is 3.14. The number of pyridine rings is 1. The summed E-state index contributed by atoms with van der Waals surface area (Å²) in [6, 6.07) is 2.83. The zero-order valence-corrected chi connectivity index (χ0v) is 9.98. The van der Waals surface area contributed by atoms with Crippen LogP contribution < -0.4 is 5.32 Å². The van der Waals surface area contributed by atoms with Crippen molar-refractivity contribution in [1.29, 1.82) is 0 Å². The molecule has 2 heterocycles. The first-order valence-corrected chi connectivity index (χ1v) is 6.61. The highest BCUT2D eigenvalue weighted by atomic mass is 32.2. The molecule has 17 heavy (non-hydrogen) atoms. The Hall–Kier alpha value is -1.34. The normalized spacial score (nSPS) is 18.8. The van der Waals surface area contributed by atoms with E-state index in [-0.39, 0.29) is 10.9 Å². The van der Waals surface area contributed by atoms with Crippen LogP contribution in [0.25, 0.3) is 0 Å². The van der Waals surface area contributed by atoms with Gasteiger partial charge in [-0.05, 0) is 32.0 Å². The SMILES string of the molecule is O=[N+]([O-])c1ccc([S@](=O)C2CCNCC2)nc1. The highest BCUT2D eigenvalue weighted by Gasteiger charge is 2.22. The molecule has 1 atom stereocenters. The van der Waals surface area contributed by atoms with E-state index in [1.54, 1.807) is 0 Å². The molecule has 0 bridgehead atoms. The second-order valence-electron chi connectivity index (χ2n) is 3.86. The van der Waals surface area contributed by atoms with Crippen molar-refractivity contribution in [3.05, 3.63) is 28.4 Å². The van der Waals surface area contributed by atoms with Crippen LogP contribution in [-0.2, 0) is 10.8 Å². The summed E-state index contributed by atoms with van der Waals surface area (Å²) in [6.07, 6.45) is 2.87. The standard InChI is InChI=1S/C10H13N3O3S/c14-13(15)8-1-2-10(12-7-8)17(16)9-3-5-11-6-4-9/h1-2,7,9,11H,3-6H2/t17-/m1/s1. The van der Waals surface area contributed by atoms with Crippen LogP contribution in [0.1, 0.15) is 12.8 Å². The fraction of sp³-hybridized carbons (Fsp3) is 0.500. The summed E-state index contributed by atoms with van der Waals surface area (Å²) in [4.78, 5) is 13.9. The number of nitrogens with one attached hydrogen (secondary N) is 1. The van der Waals surface area contributed by atoms with Crippen LogP contribution in [0.4, 0.5) is 5.69 Å². The molecule has 0 aliphatic carbocycles. The van der Waals surface area contributed by atoms with Gasteiger partial charge in [0.05, 0.1) is 15.7 Å². The summed E-state index contributed by atoms with van der Waals surface area (Å²) < 4.78 is 12.1. The highest BCUT2D eigenvalue weighted by molar-refractivity contribution is 7.85. The van der Waals surface area contributed by atoms with Crippen molar-refractivity contribution in [3.63, 3.8) is 0 Å². The van der Waals surface area contributed by atoms with Gasteiger partial charge in [0.25, 0.3) is 5.69 Å². The Balaban J connectivity index is 2.10. The second kappa shape index (κ2) is 5.33. The topological polar surface area (TPSA) is 85.1 Å². The lowest BCUT2D eigenvalue weighted by Gasteiger charge is -2.21. The van der Waals surface area contributed by atoms with E-state index in [9.17, 15) is 14.3 Å². The predicted octanol–water partition coefficient (Wildman–Crippen LogP) is 0.849. The number of hydrogen-bond acceptors (Lipinski definition) is 5. The summed E-state index contributed by atoms with van der Waals surface area (Å²) in [6.45, 7) is 1.73. The zero-order valence-electron chi connectivity index (χ0n) is 9.17. The van der Waals surface area contributed by atoms with E-state index in [1.165, 1.54) is 12.1 Å². The van der Waals surface area contributed by atoms with Crippen molar-refractivity contribution >= 4 is 16.5 Å². The molecule has 2 rings (SSSR count). The number of nitro groups is 1. The van der Waals surface area contributed by atoms with Gasteiger partial charge < -0.3 is 5.32 Å². The van der Waals surface area contributed by atoms with Gasteiger partial charge in [0, 0.05) is 11.3 Å². The van der Waals surface area contributed by atoms with Crippen LogP contribution in [0, 0.1) is 10.1 Å². The first-order valence-electron chi connectivity index (χ1n) is 5.40. The monoisotopic (exact) mass is 255 g/mol. The maximum Gasteiger partial charge on any atom is 0.287 e. The summed E-state index contributed by atoms with van der Waals surface area (Å²) in [5, 5.41) is 14.2. The minimum absolute atomic E-state index is 0.0731. The molecule has 1 aromatic rings. The number of rotatable bonds is 3. The minimum atomic E-state index is -1.17. The van der Waals surface area contributed by atoms with Crippen molar-refractivity contribution in [2.24, 2.45) is 0 Å². The van der Waals surface area contributed by atoms with Crippen LogP contribution >= 0.6 is 0 Å². The molecule has 0 unspecified atom stereocenters. The van der Waals surface area contributed by atoms with Crippen LogP contribution in [-0.4, -0.2) is 32.5 Å². The molecule has 1 N–H and O–H groups in total. The number of piperidine rings is 1. The van der Waals surface area contributed by atoms with Crippen molar-refractivity contribution in [2.75, 3.05) is 13.1 Å². The molecule has 0 aromatic carbocycles. The van der Waals surface area contributed by atoms with Crippen LogP contribution in [0.2, 0.25) is 0 Å². The molecule has 6 nitrogen and oxygen atoms in total. The van der Waals surface area contributed by atoms with Crippen LogP contribution in [0.3, 0.4) is 0 Å². The first kappa shape index (κ1) is 12.1.